The molecule has 4 nitrogen and oxygen atoms in total. The van der Waals surface area contributed by atoms with E-state index in [0.29, 0.717) is 0 Å². The molecule has 104 valence electrons. The Morgan fingerprint density at radius 3 is 2.84 bits per heavy atom. The van der Waals surface area contributed by atoms with Gasteiger partial charge in [0.1, 0.15) is 0 Å². The summed E-state index contributed by atoms with van der Waals surface area (Å²) in [7, 11) is 2.15. The fraction of sp³-hybridized carbons (Fsp3) is 0.533. The normalized spacial score (nSPS) is 14.5. The standard InChI is InChI=1S/C15H24N4/c1-19(14-8-3-2-4-9-14)13-6-5-10-16-15-17-11-7-12-18-15/h2-4,8-9H,5-7,10-13H2,1H3,(H2,16,17,18). The Morgan fingerprint density at radius 1 is 1.26 bits per heavy atom. The zero-order valence-electron chi connectivity index (χ0n) is 11.7. The van der Waals surface area contributed by atoms with Crippen LogP contribution < -0.4 is 15.5 Å². The van der Waals surface area contributed by atoms with Gasteiger partial charge in [0.25, 0.3) is 0 Å². The van der Waals surface area contributed by atoms with Crippen LogP contribution in [0.25, 0.3) is 0 Å². The second kappa shape index (κ2) is 7.67. The molecule has 0 radical (unpaired) electrons. The van der Waals surface area contributed by atoms with Crippen LogP contribution in [0, 0.1) is 0 Å². The van der Waals surface area contributed by atoms with E-state index in [1.165, 1.54) is 12.1 Å². The van der Waals surface area contributed by atoms with Crippen molar-refractivity contribution in [3.63, 3.8) is 0 Å². The minimum Gasteiger partial charge on any atom is -0.375 e. The number of guanidine groups is 1. The SMILES string of the molecule is CN(CCCCNC1=NCCCN1)c1ccccc1. The summed E-state index contributed by atoms with van der Waals surface area (Å²) in [4.78, 5) is 6.70. The molecule has 1 aliphatic heterocycles. The van der Waals surface area contributed by atoms with Gasteiger partial charge in [0.15, 0.2) is 5.96 Å². The lowest BCUT2D eigenvalue weighted by molar-refractivity contribution is 0.663. The molecular weight excluding hydrogens is 236 g/mol. The summed E-state index contributed by atoms with van der Waals surface area (Å²) < 4.78 is 0. The fourth-order valence-electron chi connectivity index (χ4n) is 2.14. The molecule has 0 saturated heterocycles. The molecule has 19 heavy (non-hydrogen) atoms. The molecule has 1 aromatic rings. The van der Waals surface area contributed by atoms with Gasteiger partial charge < -0.3 is 15.5 Å². The maximum atomic E-state index is 4.39. The lowest BCUT2D eigenvalue weighted by Crippen LogP contribution is -2.41. The van der Waals surface area contributed by atoms with Crippen LogP contribution in [0.5, 0.6) is 0 Å². The van der Waals surface area contributed by atoms with Gasteiger partial charge in [-0.1, -0.05) is 18.2 Å². The summed E-state index contributed by atoms with van der Waals surface area (Å²) in [6, 6.07) is 10.5. The zero-order valence-corrected chi connectivity index (χ0v) is 11.7. The average molecular weight is 260 g/mol. The Kier molecular flexibility index (Phi) is 5.53. The number of aliphatic imine (C=N–C) groups is 1. The Labute approximate surface area is 115 Å². The van der Waals surface area contributed by atoms with Gasteiger partial charge in [0, 0.05) is 38.9 Å². The van der Waals surface area contributed by atoms with Crippen LogP contribution >= 0.6 is 0 Å². The van der Waals surface area contributed by atoms with E-state index in [9.17, 15) is 0 Å². The van der Waals surface area contributed by atoms with Crippen molar-refractivity contribution in [1.29, 1.82) is 0 Å². The zero-order chi connectivity index (χ0) is 13.3. The third-order valence-electron chi connectivity index (χ3n) is 3.31. The molecule has 0 bridgehead atoms. The maximum Gasteiger partial charge on any atom is 0.191 e. The van der Waals surface area contributed by atoms with E-state index in [1.54, 1.807) is 0 Å². The van der Waals surface area contributed by atoms with Gasteiger partial charge in [-0.25, -0.2) is 0 Å². The lowest BCUT2D eigenvalue weighted by Gasteiger charge is -2.19. The molecule has 0 saturated carbocycles. The fourth-order valence-corrected chi connectivity index (χ4v) is 2.14. The molecule has 2 N–H and O–H groups in total. The van der Waals surface area contributed by atoms with Crippen LogP contribution in [0.2, 0.25) is 0 Å². The van der Waals surface area contributed by atoms with Crippen molar-refractivity contribution < 1.29 is 0 Å². The summed E-state index contributed by atoms with van der Waals surface area (Å²) in [6.07, 6.45) is 3.50. The molecule has 0 aliphatic carbocycles. The Bertz CT molecular complexity index is 388. The van der Waals surface area contributed by atoms with Crippen LogP contribution in [0.15, 0.2) is 35.3 Å². The Morgan fingerprint density at radius 2 is 2.11 bits per heavy atom. The molecular formula is C15H24N4. The third kappa shape index (κ3) is 4.81. The van der Waals surface area contributed by atoms with Crippen LogP contribution in [-0.2, 0) is 0 Å². The van der Waals surface area contributed by atoms with Gasteiger partial charge in [-0.2, -0.15) is 0 Å². The quantitative estimate of drug-likeness (QED) is 0.767. The topological polar surface area (TPSA) is 39.7 Å². The van der Waals surface area contributed by atoms with Crippen molar-refractivity contribution in [2.75, 3.05) is 38.1 Å². The number of unbranched alkanes of at least 4 members (excludes halogenated alkanes) is 1. The van der Waals surface area contributed by atoms with Crippen molar-refractivity contribution in [1.82, 2.24) is 10.6 Å². The predicted molar refractivity (Wildman–Crippen MR) is 81.9 cm³/mol. The van der Waals surface area contributed by atoms with Crippen LogP contribution in [0.4, 0.5) is 5.69 Å². The van der Waals surface area contributed by atoms with Crippen molar-refractivity contribution in [2.45, 2.75) is 19.3 Å². The molecule has 0 amide bonds. The second-order valence-electron chi connectivity index (χ2n) is 4.90. The maximum absolute atomic E-state index is 4.39. The highest BCUT2D eigenvalue weighted by molar-refractivity contribution is 5.80. The molecule has 2 rings (SSSR count). The Balaban J connectivity index is 1.58. The summed E-state index contributed by atoms with van der Waals surface area (Å²) >= 11 is 0. The molecule has 1 aliphatic rings. The first-order chi connectivity index (χ1) is 9.36. The van der Waals surface area contributed by atoms with Gasteiger partial charge in [0.05, 0.1) is 0 Å². The minimum absolute atomic E-state index is 0.950. The first-order valence-corrected chi connectivity index (χ1v) is 7.14. The van der Waals surface area contributed by atoms with Gasteiger partial charge in [0.2, 0.25) is 0 Å². The van der Waals surface area contributed by atoms with Gasteiger partial charge in [-0.15, -0.1) is 0 Å². The van der Waals surface area contributed by atoms with E-state index in [-0.39, 0.29) is 0 Å². The van der Waals surface area contributed by atoms with Crippen LogP contribution in [0.1, 0.15) is 19.3 Å². The molecule has 0 spiro atoms. The van der Waals surface area contributed by atoms with E-state index < -0.39 is 0 Å². The summed E-state index contributed by atoms with van der Waals surface area (Å²) in [5, 5.41) is 6.63. The Hall–Kier alpha value is -1.71. The summed E-state index contributed by atoms with van der Waals surface area (Å²) in [6.45, 7) is 4.08. The lowest BCUT2D eigenvalue weighted by atomic mass is 10.2. The number of nitrogens with one attached hydrogen (secondary N) is 2. The molecule has 0 aromatic heterocycles. The van der Waals surface area contributed by atoms with Gasteiger partial charge in [-0.3, -0.25) is 4.99 Å². The van der Waals surface area contributed by atoms with Crippen molar-refractivity contribution in [3.05, 3.63) is 30.3 Å². The van der Waals surface area contributed by atoms with Crippen molar-refractivity contribution >= 4 is 11.6 Å². The predicted octanol–water partition coefficient (Wildman–Crippen LogP) is 1.84. The van der Waals surface area contributed by atoms with E-state index in [2.05, 4.69) is 57.9 Å². The van der Waals surface area contributed by atoms with E-state index >= 15 is 0 Å². The number of para-hydroxylation sites is 1. The third-order valence-corrected chi connectivity index (χ3v) is 3.31. The van der Waals surface area contributed by atoms with Crippen LogP contribution in [0.3, 0.4) is 0 Å². The van der Waals surface area contributed by atoms with E-state index in [0.717, 1.165) is 45.0 Å². The number of anilines is 1. The minimum atomic E-state index is 0.950. The van der Waals surface area contributed by atoms with Crippen molar-refractivity contribution in [3.8, 4) is 0 Å². The highest BCUT2D eigenvalue weighted by Gasteiger charge is 2.02. The molecule has 0 fully saturated rings. The number of hydrogen-bond acceptors (Lipinski definition) is 4. The van der Waals surface area contributed by atoms with Crippen molar-refractivity contribution in [2.24, 2.45) is 4.99 Å². The molecule has 0 unspecified atom stereocenters. The molecule has 1 aromatic carbocycles. The first kappa shape index (κ1) is 13.7. The molecule has 0 atom stereocenters. The number of nitrogens with zero attached hydrogens (tertiary/aromatic N) is 2. The van der Waals surface area contributed by atoms with E-state index in [4.69, 9.17) is 0 Å². The summed E-state index contributed by atoms with van der Waals surface area (Å²) in [5.41, 5.74) is 1.29. The second-order valence-corrected chi connectivity index (χ2v) is 4.90. The summed E-state index contributed by atoms with van der Waals surface area (Å²) in [5.74, 6) is 0.975. The highest BCUT2D eigenvalue weighted by Crippen LogP contribution is 2.11. The average Bonchev–Trinajstić information content (AvgIpc) is 2.49. The molecule has 1 heterocycles. The van der Waals surface area contributed by atoms with Gasteiger partial charge in [-0.05, 0) is 31.4 Å². The molecule has 4 heteroatoms. The van der Waals surface area contributed by atoms with Gasteiger partial charge >= 0.3 is 0 Å². The smallest absolute Gasteiger partial charge is 0.191 e. The number of hydrogen-bond donors (Lipinski definition) is 2. The van der Waals surface area contributed by atoms with E-state index in [1.807, 2.05) is 0 Å². The number of rotatable bonds is 6. The largest absolute Gasteiger partial charge is 0.375 e. The number of benzene rings is 1. The first-order valence-electron chi connectivity index (χ1n) is 7.14. The van der Waals surface area contributed by atoms with Crippen LogP contribution in [-0.4, -0.2) is 39.2 Å². The highest BCUT2D eigenvalue weighted by atomic mass is 15.2. The monoisotopic (exact) mass is 260 g/mol.